The number of rotatable bonds is 5. The molecular formula is C13H13N5O2. The van der Waals surface area contributed by atoms with Crippen LogP contribution in [0.15, 0.2) is 36.5 Å². The highest BCUT2D eigenvalue weighted by Crippen LogP contribution is 2.20. The monoisotopic (exact) mass is 271 g/mol. The summed E-state index contributed by atoms with van der Waals surface area (Å²) >= 11 is 0. The first-order valence-electron chi connectivity index (χ1n) is 6.10. The number of nitrogens with one attached hydrogen (secondary N) is 1. The van der Waals surface area contributed by atoms with Gasteiger partial charge in [0.1, 0.15) is 24.3 Å². The minimum Gasteiger partial charge on any atom is -0.490 e. The zero-order chi connectivity index (χ0) is 13.8. The molecule has 20 heavy (non-hydrogen) atoms. The van der Waals surface area contributed by atoms with Crippen molar-refractivity contribution in [2.24, 2.45) is 0 Å². The lowest BCUT2D eigenvalue weighted by Crippen LogP contribution is -2.10. The number of nitrogen functional groups attached to an aromatic ring is 1. The van der Waals surface area contributed by atoms with Crippen LogP contribution in [0.1, 0.15) is 0 Å². The number of para-hydroxylation sites is 1. The van der Waals surface area contributed by atoms with Crippen molar-refractivity contribution in [3.63, 3.8) is 0 Å². The van der Waals surface area contributed by atoms with Crippen molar-refractivity contribution in [1.82, 2.24) is 20.2 Å². The summed E-state index contributed by atoms with van der Waals surface area (Å²) in [6.45, 7) is 0.763. The Morgan fingerprint density at radius 1 is 1.05 bits per heavy atom. The van der Waals surface area contributed by atoms with E-state index in [1.54, 1.807) is 6.20 Å². The van der Waals surface area contributed by atoms with E-state index in [0.29, 0.717) is 30.1 Å². The van der Waals surface area contributed by atoms with E-state index >= 15 is 0 Å². The fraction of sp³-hybridized carbons (Fsp3) is 0.154. The minimum absolute atomic E-state index is 0.140. The van der Waals surface area contributed by atoms with Crippen LogP contribution in [0.2, 0.25) is 0 Å². The Hall–Kier alpha value is -2.83. The van der Waals surface area contributed by atoms with E-state index in [2.05, 4.69) is 20.2 Å². The van der Waals surface area contributed by atoms with Gasteiger partial charge in [-0.15, -0.1) is 0 Å². The number of hydrogen-bond acceptors (Lipinski definition) is 6. The van der Waals surface area contributed by atoms with Crippen molar-refractivity contribution in [3.05, 3.63) is 36.5 Å². The lowest BCUT2D eigenvalue weighted by molar-refractivity contribution is 0.214. The van der Waals surface area contributed by atoms with Crippen molar-refractivity contribution in [1.29, 1.82) is 0 Å². The number of anilines is 1. The molecular weight excluding hydrogens is 258 g/mol. The summed E-state index contributed by atoms with van der Waals surface area (Å²) < 4.78 is 11.1. The molecule has 3 N–H and O–H groups in total. The second-order valence-electron chi connectivity index (χ2n) is 4.03. The largest absolute Gasteiger partial charge is 0.490 e. The van der Waals surface area contributed by atoms with Crippen molar-refractivity contribution >= 4 is 17.0 Å². The molecule has 2 aromatic heterocycles. The normalized spacial score (nSPS) is 10.6. The molecule has 3 rings (SSSR count). The molecule has 3 aromatic rings. The van der Waals surface area contributed by atoms with Crippen LogP contribution in [0.3, 0.4) is 0 Å². The Kier molecular flexibility index (Phi) is 3.32. The van der Waals surface area contributed by atoms with E-state index in [0.717, 1.165) is 5.75 Å². The number of nitrogens with zero attached hydrogens (tertiary/aromatic N) is 3. The lowest BCUT2D eigenvalue weighted by Gasteiger charge is -2.08. The number of benzene rings is 1. The van der Waals surface area contributed by atoms with Crippen LogP contribution in [0.4, 0.5) is 5.95 Å². The van der Waals surface area contributed by atoms with E-state index in [4.69, 9.17) is 15.2 Å². The Morgan fingerprint density at radius 3 is 2.70 bits per heavy atom. The first-order chi connectivity index (χ1) is 9.83. The van der Waals surface area contributed by atoms with Crippen LogP contribution in [-0.4, -0.2) is 33.4 Å². The Bertz CT molecular complexity index is 698. The maximum absolute atomic E-state index is 5.60. The second-order valence-corrected chi connectivity index (χ2v) is 4.03. The minimum atomic E-state index is 0.140. The first kappa shape index (κ1) is 12.2. The Labute approximate surface area is 114 Å². The van der Waals surface area contributed by atoms with Crippen LogP contribution < -0.4 is 15.2 Å². The summed E-state index contributed by atoms with van der Waals surface area (Å²) in [5.41, 5.74) is 6.15. The molecule has 0 saturated carbocycles. The molecule has 0 radical (unpaired) electrons. The van der Waals surface area contributed by atoms with Gasteiger partial charge in [0.15, 0.2) is 5.65 Å². The molecule has 0 saturated heterocycles. The molecule has 0 spiro atoms. The third kappa shape index (κ3) is 2.61. The highest BCUT2D eigenvalue weighted by Gasteiger charge is 2.08. The summed E-state index contributed by atoms with van der Waals surface area (Å²) in [6.07, 6.45) is 1.60. The smallest absolute Gasteiger partial charge is 0.229 e. The average Bonchev–Trinajstić information content (AvgIpc) is 2.92. The summed E-state index contributed by atoms with van der Waals surface area (Å²) in [6, 6.07) is 9.53. The highest BCUT2D eigenvalue weighted by atomic mass is 16.5. The second kappa shape index (κ2) is 5.43. The lowest BCUT2D eigenvalue weighted by atomic mass is 10.3. The van der Waals surface area contributed by atoms with Gasteiger partial charge in [-0.25, -0.2) is 0 Å². The number of ether oxygens (including phenoxy) is 2. The molecule has 102 valence electrons. The van der Waals surface area contributed by atoms with E-state index in [1.165, 1.54) is 0 Å². The van der Waals surface area contributed by atoms with Crippen molar-refractivity contribution in [2.75, 3.05) is 18.9 Å². The molecule has 0 aliphatic rings. The zero-order valence-electron chi connectivity index (χ0n) is 10.6. The topological polar surface area (TPSA) is 98.9 Å². The van der Waals surface area contributed by atoms with E-state index in [9.17, 15) is 0 Å². The van der Waals surface area contributed by atoms with Gasteiger partial charge >= 0.3 is 0 Å². The zero-order valence-corrected chi connectivity index (χ0v) is 10.6. The molecule has 0 amide bonds. The van der Waals surface area contributed by atoms with Gasteiger partial charge in [0.25, 0.3) is 0 Å². The third-order valence-electron chi connectivity index (χ3n) is 2.63. The molecule has 2 heterocycles. The summed E-state index contributed by atoms with van der Waals surface area (Å²) in [7, 11) is 0. The fourth-order valence-electron chi connectivity index (χ4n) is 1.75. The molecule has 0 aliphatic carbocycles. The predicted octanol–water partition coefficient (Wildman–Crippen LogP) is 1.39. The number of aromatic nitrogens is 4. The van der Waals surface area contributed by atoms with E-state index in [1.807, 2.05) is 30.3 Å². The molecule has 1 aromatic carbocycles. The van der Waals surface area contributed by atoms with E-state index in [-0.39, 0.29) is 5.95 Å². The van der Waals surface area contributed by atoms with Crippen LogP contribution in [0.5, 0.6) is 11.6 Å². The predicted molar refractivity (Wildman–Crippen MR) is 73.5 cm³/mol. The number of H-pyrrole nitrogens is 1. The highest BCUT2D eigenvalue weighted by molar-refractivity contribution is 5.80. The summed E-state index contributed by atoms with van der Waals surface area (Å²) in [5.74, 6) is 1.34. The Balaban J connectivity index is 1.61. The average molecular weight is 271 g/mol. The van der Waals surface area contributed by atoms with Crippen LogP contribution in [0.25, 0.3) is 11.0 Å². The van der Waals surface area contributed by atoms with Gasteiger partial charge in [0.2, 0.25) is 11.8 Å². The van der Waals surface area contributed by atoms with Gasteiger partial charge in [-0.3, -0.25) is 5.10 Å². The van der Waals surface area contributed by atoms with E-state index < -0.39 is 0 Å². The number of fused-ring (bicyclic) bond motifs is 1. The molecule has 0 atom stereocenters. The number of hydrogen-bond donors (Lipinski definition) is 2. The van der Waals surface area contributed by atoms with Gasteiger partial charge in [-0.05, 0) is 12.1 Å². The van der Waals surface area contributed by atoms with Gasteiger partial charge < -0.3 is 15.2 Å². The van der Waals surface area contributed by atoms with Crippen LogP contribution in [0, 0.1) is 0 Å². The molecule has 7 heteroatoms. The number of aromatic amines is 1. The van der Waals surface area contributed by atoms with Gasteiger partial charge in [-0.2, -0.15) is 15.1 Å². The van der Waals surface area contributed by atoms with Crippen molar-refractivity contribution in [3.8, 4) is 11.6 Å². The molecule has 0 fully saturated rings. The maximum Gasteiger partial charge on any atom is 0.229 e. The van der Waals surface area contributed by atoms with Gasteiger partial charge in [-0.1, -0.05) is 18.2 Å². The first-order valence-corrected chi connectivity index (χ1v) is 6.10. The maximum atomic E-state index is 5.60. The summed E-state index contributed by atoms with van der Waals surface area (Å²) in [5, 5.41) is 7.30. The van der Waals surface area contributed by atoms with Crippen molar-refractivity contribution in [2.45, 2.75) is 0 Å². The molecule has 0 unspecified atom stereocenters. The Morgan fingerprint density at radius 2 is 1.85 bits per heavy atom. The van der Waals surface area contributed by atoms with Gasteiger partial charge in [0, 0.05) is 0 Å². The standard InChI is InChI=1S/C13H13N5O2/c14-13-16-11-10(8-15-18-11)12(17-13)20-7-6-19-9-4-2-1-3-5-9/h1-5,8H,6-7H2,(H3,14,15,16,17,18). The van der Waals surface area contributed by atoms with Crippen molar-refractivity contribution < 1.29 is 9.47 Å². The molecule has 0 bridgehead atoms. The molecule has 0 aliphatic heterocycles. The summed E-state index contributed by atoms with van der Waals surface area (Å²) in [4.78, 5) is 8.06. The van der Waals surface area contributed by atoms with Gasteiger partial charge in [0.05, 0.1) is 6.20 Å². The SMILES string of the molecule is Nc1nc(OCCOc2ccccc2)c2cn[nH]c2n1. The van der Waals surface area contributed by atoms with Crippen LogP contribution in [-0.2, 0) is 0 Å². The quantitative estimate of drug-likeness (QED) is 0.680. The van der Waals surface area contributed by atoms with Crippen LogP contribution >= 0.6 is 0 Å². The fourth-order valence-corrected chi connectivity index (χ4v) is 1.75. The number of nitrogens with two attached hydrogens (primary N) is 1. The molecule has 7 nitrogen and oxygen atoms in total. The third-order valence-corrected chi connectivity index (χ3v) is 2.63.